The second-order valence-corrected chi connectivity index (χ2v) is 4.21. The number of hydrogen-bond donors (Lipinski definition) is 0. The first kappa shape index (κ1) is 10.1. The van der Waals surface area contributed by atoms with Gasteiger partial charge < -0.3 is 0 Å². The zero-order chi connectivity index (χ0) is 8.20. The molecule has 0 fully saturated rings. The second kappa shape index (κ2) is 4.11. The summed E-state index contributed by atoms with van der Waals surface area (Å²) in [7, 11) is 0. The molecule has 58 valence electrons. The summed E-state index contributed by atoms with van der Waals surface area (Å²) in [5, 5.41) is 0. The van der Waals surface area contributed by atoms with Crippen LogP contribution >= 0.6 is 22.6 Å². The number of nitrogens with zero attached hydrogens (tertiary/aromatic N) is 1. The number of halogens is 1. The largest absolute Gasteiger partial charge is 0.273 e. The molecule has 0 bridgehead atoms. The minimum atomic E-state index is 0.0516. The van der Waals surface area contributed by atoms with Crippen molar-refractivity contribution in [2.45, 2.75) is 33.2 Å². The van der Waals surface area contributed by atoms with Crippen LogP contribution in [0.5, 0.6) is 0 Å². The second-order valence-electron chi connectivity index (χ2n) is 3.11. The van der Waals surface area contributed by atoms with Crippen molar-refractivity contribution in [1.82, 2.24) is 0 Å². The lowest BCUT2D eigenvalue weighted by Gasteiger charge is -2.11. The van der Waals surface area contributed by atoms with Gasteiger partial charge in [0, 0.05) is 0 Å². The van der Waals surface area contributed by atoms with Crippen LogP contribution in [0.25, 0.3) is 0 Å². The third-order valence-electron chi connectivity index (χ3n) is 0.746. The fraction of sp³-hybridized carbons (Fsp3) is 0.625. The van der Waals surface area contributed by atoms with Crippen LogP contribution < -0.4 is 0 Å². The molecule has 0 aromatic rings. The van der Waals surface area contributed by atoms with Crippen molar-refractivity contribution in [3.63, 3.8) is 0 Å². The first-order valence-corrected chi connectivity index (χ1v) is 4.41. The van der Waals surface area contributed by atoms with Gasteiger partial charge in [0.1, 0.15) is 0 Å². The Morgan fingerprint density at radius 2 is 1.90 bits per heavy atom. The normalized spacial score (nSPS) is 14.7. The zero-order valence-electron chi connectivity index (χ0n) is 6.98. The molecule has 0 aliphatic rings. The molecular formula is C8H14IN. The highest BCUT2D eigenvalue weighted by molar-refractivity contribution is 14.1. The highest BCUT2D eigenvalue weighted by atomic mass is 127. The van der Waals surface area contributed by atoms with E-state index in [1.807, 2.05) is 19.1 Å². The average molecular weight is 251 g/mol. The maximum atomic E-state index is 4.42. The minimum absolute atomic E-state index is 0.0516. The van der Waals surface area contributed by atoms with Gasteiger partial charge in [0.15, 0.2) is 0 Å². The molecule has 0 aliphatic heterocycles. The molecule has 0 radical (unpaired) electrons. The van der Waals surface area contributed by atoms with Crippen molar-refractivity contribution in [2.75, 3.05) is 0 Å². The topological polar surface area (TPSA) is 12.4 Å². The molecule has 0 heterocycles. The Hall–Kier alpha value is 0.140. The molecule has 2 heteroatoms. The summed E-state index contributed by atoms with van der Waals surface area (Å²) in [6, 6.07) is 0. The van der Waals surface area contributed by atoms with Gasteiger partial charge in [0.05, 0.1) is 9.26 Å². The van der Waals surface area contributed by atoms with Crippen LogP contribution in [-0.2, 0) is 0 Å². The average Bonchev–Trinajstić information content (AvgIpc) is 1.59. The summed E-state index contributed by atoms with van der Waals surface area (Å²) in [5.41, 5.74) is 0.0516. The molecule has 0 N–H and O–H groups in total. The molecule has 0 unspecified atom stereocenters. The van der Waals surface area contributed by atoms with Crippen molar-refractivity contribution in [3.05, 3.63) is 12.2 Å². The molecular weight excluding hydrogens is 237 g/mol. The molecule has 0 saturated carbocycles. The van der Waals surface area contributed by atoms with E-state index in [2.05, 4.69) is 48.4 Å². The molecule has 1 nitrogen and oxygen atoms in total. The molecule has 0 atom stereocenters. The molecule has 0 saturated heterocycles. The fourth-order valence-electron chi connectivity index (χ4n) is 0.495. The van der Waals surface area contributed by atoms with E-state index >= 15 is 0 Å². The summed E-state index contributed by atoms with van der Waals surface area (Å²) in [6.45, 7) is 8.27. The minimum Gasteiger partial charge on any atom is -0.273 e. The lowest BCUT2D eigenvalue weighted by molar-refractivity contribution is 0.586. The van der Waals surface area contributed by atoms with E-state index in [-0.39, 0.29) is 5.54 Å². The van der Waals surface area contributed by atoms with Crippen LogP contribution in [0, 0.1) is 0 Å². The Labute approximate surface area is 76.8 Å². The standard InChI is InChI=1S/C8H14IN/c1-5-6-7(9)10-8(2,3)4/h5-6H,1-4H3/b6-5+,10-7+. The quantitative estimate of drug-likeness (QED) is 0.501. The molecule has 0 rings (SSSR count). The van der Waals surface area contributed by atoms with E-state index in [9.17, 15) is 0 Å². The summed E-state index contributed by atoms with van der Waals surface area (Å²) < 4.78 is 1.06. The zero-order valence-corrected chi connectivity index (χ0v) is 9.14. The van der Waals surface area contributed by atoms with Crippen LogP contribution in [0.2, 0.25) is 0 Å². The first-order valence-electron chi connectivity index (χ1n) is 3.34. The van der Waals surface area contributed by atoms with Gasteiger partial charge in [-0.2, -0.15) is 0 Å². The first-order chi connectivity index (χ1) is 4.45. The summed E-state index contributed by atoms with van der Waals surface area (Å²) in [4.78, 5) is 4.42. The smallest absolute Gasteiger partial charge is 0.0957 e. The number of rotatable bonds is 1. The molecule has 0 aromatic carbocycles. The Kier molecular flexibility index (Phi) is 4.17. The van der Waals surface area contributed by atoms with Crippen molar-refractivity contribution in [2.24, 2.45) is 4.99 Å². The van der Waals surface area contributed by atoms with Gasteiger partial charge in [0.25, 0.3) is 0 Å². The van der Waals surface area contributed by atoms with Gasteiger partial charge in [-0.3, -0.25) is 4.99 Å². The Bertz CT molecular complexity index is 151. The van der Waals surface area contributed by atoms with E-state index in [1.54, 1.807) is 0 Å². The maximum absolute atomic E-state index is 4.42. The van der Waals surface area contributed by atoms with Gasteiger partial charge in [-0.25, -0.2) is 0 Å². The Morgan fingerprint density at radius 1 is 1.40 bits per heavy atom. The molecule has 0 aliphatic carbocycles. The highest BCUT2D eigenvalue weighted by Crippen LogP contribution is 2.09. The van der Waals surface area contributed by atoms with E-state index in [1.165, 1.54) is 0 Å². The van der Waals surface area contributed by atoms with Crippen LogP contribution in [0.1, 0.15) is 27.7 Å². The molecule has 0 aromatic heterocycles. The Balaban J connectivity index is 4.17. The van der Waals surface area contributed by atoms with Gasteiger partial charge in [-0.05, 0) is 56.4 Å². The van der Waals surface area contributed by atoms with E-state index in [4.69, 9.17) is 0 Å². The predicted octanol–water partition coefficient (Wildman–Crippen LogP) is 3.19. The predicted molar refractivity (Wildman–Crippen MR) is 56.0 cm³/mol. The molecule has 10 heavy (non-hydrogen) atoms. The van der Waals surface area contributed by atoms with Crippen LogP contribution in [0.15, 0.2) is 17.1 Å². The van der Waals surface area contributed by atoms with Gasteiger partial charge in [0.2, 0.25) is 0 Å². The van der Waals surface area contributed by atoms with E-state index in [0.717, 1.165) is 3.72 Å². The summed E-state index contributed by atoms with van der Waals surface area (Å²) >= 11 is 2.23. The van der Waals surface area contributed by atoms with Gasteiger partial charge in [-0.1, -0.05) is 6.08 Å². The Morgan fingerprint density at radius 3 is 2.20 bits per heavy atom. The number of aliphatic imine (C=N–C) groups is 1. The lowest BCUT2D eigenvalue weighted by Crippen LogP contribution is -2.10. The summed E-state index contributed by atoms with van der Waals surface area (Å²) in [5.74, 6) is 0. The third kappa shape index (κ3) is 6.26. The van der Waals surface area contributed by atoms with Gasteiger partial charge in [-0.15, -0.1) is 0 Å². The maximum Gasteiger partial charge on any atom is 0.0957 e. The van der Waals surface area contributed by atoms with Gasteiger partial charge >= 0.3 is 0 Å². The third-order valence-corrected chi connectivity index (χ3v) is 1.35. The number of hydrogen-bond acceptors (Lipinski definition) is 1. The van der Waals surface area contributed by atoms with Crippen LogP contribution in [0.3, 0.4) is 0 Å². The molecule has 0 amide bonds. The van der Waals surface area contributed by atoms with Crippen molar-refractivity contribution in [1.29, 1.82) is 0 Å². The monoisotopic (exact) mass is 251 g/mol. The molecule has 0 spiro atoms. The van der Waals surface area contributed by atoms with E-state index in [0.29, 0.717) is 0 Å². The SMILES string of the molecule is C/C=C/C(I)=N\C(C)(C)C. The highest BCUT2D eigenvalue weighted by Gasteiger charge is 2.06. The summed E-state index contributed by atoms with van der Waals surface area (Å²) in [6.07, 6.45) is 4.00. The van der Waals surface area contributed by atoms with Crippen molar-refractivity contribution < 1.29 is 0 Å². The van der Waals surface area contributed by atoms with Crippen molar-refractivity contribution >= 4 is 26.3 Å². The number of allylic oxidation sites excluding steroid dienone is 2. The van der Waals surface area contributed by atoms with E-state index < -0.39 is 0 Å². The van der Waals surface area contributed by atoms with Crippen LogP contribution in [-0.4, -0.2) is 9.26 Å². The van der Waals surface area contributed by atoms with Crippen LogP contribution in [0.4, 0.5) is 0 Å². The lowest BCUT2D eigenvalue weighted by atomic mass is 10.1. The van der Waals surface area contributed by atoms with Crippen molar-refractivity contribution in [3.8, 4) is 0 Å². The fourth-order valence-corrected chi connectivity index (χ4v) is 1.58.